The molecule has 0 spiro atoms. The Kier molecular flexibility index (Phi) is 5.57. The van der Waals surface area contributed by atoms with E-state index in [1.54, 1.807) is 54.6 Å². The lowest BCUT2D eigenvalue weighted by Gasteiger charge is -2.30. The molecule has 2 aromatic rings. The minimum absolute atomic E-state index is 0.101. The van der Waals surface area contributed by atoms with Crippen molar-refractivity contribution in [2.45, 2.75) is 25.8 Å². The van der Waals surface area contributed by atoms with Crippen LogP contribution in [-0.4, -0.2) is 49.8 Å². The quantitative estimate of drug-likeness (QED) is 0.697. The van der Waals surface area contributed by atoms with Crippen LogP contribution in [0.2, 0.25) is 0 Å². The molecule has 1 saturated heterocycles. The number of carbonyl (C=O) groups excluding carboxylic acids is 3. The van der Waals surface area contributed by atoms with Gasteiger partial charge in [-0.15, -0.1) is 0 Å². The molecular formula is C21H22N2O5S. The van der Waals surface area contributed by atoms with E-state index in [1.807, 2.05) is 6.92 Å². The van der Waals surface area contributed by atoms with E-state index in [0.29, 0.717) is 11.3 Å². The lowest BCUT2D eigenvalue weighted by Crippen LogP contribution is -2.50. The summed E-state index contributed by atoms with van der Waals surface area (Å²) >= 11 is 0. The third-order valence-corrected chi connectivity index (χ3v) is 6.20. The van der Waals surface area contributed by atoms with E-state index in [4.69, 9.17) is 0 Å². The second kappa shape index (κ2) is 7.79. The second-order valence-electron chi connectivity index (χ2n) is 7.15. The maximum absolute atomic E-state index is 13.1. The lowest BCUT2D eigenvalue weighted by molar-refractivity contribution is -0.147. The molecule has 2 atom stereocenters. The first-order chi connectivity index (χ1) is 13.6. The van der Waals surface area contributed by atoms with Gasteiger partial charge in [0.15, 0.2) is 0 Å². The van der Waals surface area contributed by atoms with Gasteiger partial charge in [0.25, 0.3) is 11.8 Å². The molecule has 1 aliphatic heterocycles. The highest BCUT2D eigenvalue weighted by atomic mass is 32.2. The highest BCUT2D eigenvalue weighted by Gasteiger charge is 2.45. The van der Waals surface area contributed by atoms with Gasteiger partial charge in [-0.05, 0) is 31.5 Å². The number of rotatable bonds is 5. The third kappa shape index (κ3) is 4.07. The Morgan fingerprint density at radius 1 is 1.07 bits per heavy atom. The first kappa shape index (κ1) is 20.7. The number of benzene rings is 2. The van der Waals surface area contributed by atoms with Gasteiger partial charge < -0.3 is 0 Å². The molecular weight excluding hydrogens is 392 g/mol. The number of imide groups is 1. The fraction of sp³-hybridized carbons (Fsp3) is 0.286. The van der Waals surface area contributed by atoms with Crippen molar-refractivity contribution >= 4 is 33.3 Å². The number of nitrogens with zero attached hydrogens (tertiary/aromatic N) is 2. The van der Waals surface area contributed by atoms with Crippen molar-refractivity contribution in [2.24, 2.45) is 0 Å². The first-order valence-corrected chi connectivity index (χ1v) is 11.0. The Morgan fingerprint density at radius 2 is 1.66 bits per heavy atom. The van der Waals surface area contributed by atoms with Crippen molar-refractivity contribution in [3.05, 3.63) is 65.7 Å². The van der Waals surface area contributed by atoms with Crippen molar-refractivity contribution in [2.75, 3.05) is 17.1 Å². The number of hydrogen-bond donors (Lipinski definition) is 0. The highest BCUT2D eigenvalue weighted by molar-refractivity contribution is 7.92. The Labute approximate surface area is 170 Å². The minimum Gasteiger partial charge on any atom is -0.288 e. The van der Waals surface area contributed by atoms with Gasteiger partial charge in [0.05, 0.1) is 17.9 Å². The molecule has 0 unspecified atom stereocenters. The van der Waals surface area contributed by atoms with Crippen molar-refractivity contribution in [1.82, 2.24) is 4.90 Å². The summed E-state index contributed by atoms with van der Waals surface area (Å²) in [5.41, 5.74) is 1.90. The normalized spacial score (nSPS) is 18.0. The molecule has 1 fully saturated rings. The summed E-state index contributed by atoms with van der Waals surface area (Å²) < 4.78 is 25.8. The van der Waals surface area contributed by atoms with E-state index in [9.17, 15) is 22.8 Å². The Balaban J connectivity index is 1.90. The van der Waals surface area contributed by atoms with Gasteiger partial charge in [-0.1, -0.05) is 48.0 Å². The van der Waals surface area contributed by atoms with E-state index < -0.39 is 39.6 Å². The zero-order valence-corrected chi connectivity index (χ0v) is 17.2. The van der Waals surface area contributed by atoms with E-state index in [1.165, 1.54) is 6.92 Å². The van der Waals surface area contributed by atoms with Crippen LogP contribution in [0.15, 0.2) is 54.6 Å². The van der Waals surface area contributed by atoms with Crippen LogP contribution in [0.25, 0.3) is 0 Å². The number of Topliss-reactive ketones (excluding diaryl/α,β-unsaturated/α-hetero) is 1. The van der Waals surface area contributed by atoms with Crippen molar-refractivity contribution < 1.29 is 22.8 Å². The summed E-state index contributed by atoms with van der Waals surface area (Å²) in [7, 11) is -3.81. The zero-order valence-electron chi connectivity index (χ0n) is 16.4. The molecule has 3 rings (SSSR count). The van der Waals surface area contributed by atoms with Crippen LogP contribution in [0, 0.1) is 6.92 Å². The zero-order chi connectivity index (χ0) is 21.3. The number of anilines is 1. The van der Waals surface area contributed by atoms with Gasteiger partial charge in [0.1, 0.15) is 6.04 Å². The van der Waals surface area contributed by atoms with Crippen LogP contribution in [-0.2, 0) is 24.4 Å². The Hall–Kier alpha value is -3.00. The van der Waals surface area contributed by atoms with Crippen LogP contribution in [0.1, 0.15) is 24.0 Å². The largest absolute Gasteiger partial charge is 0.297 e. The predicted molar refractivity (Wildman–Crippen MR) is 109 cm³/mol. The van der Waals surface area contributed by atoms with Crippen molar-refractivity contribution in [3.8, 4) is 0 Å². The number of sulfonamides is 1. The van der Waals surface area contributed by atoms with Crippen LogP contribution in [0.3, 0.4) is 0 Å². The molecule has 152 valence electrons. The van der Waals surface area contributed by atoms with E-state index in [0.717, 1.165) is 21.0 Å². The molecule has 8 heteroatoms. The van der Waals surface area contributed by atoms with Gasteiger partial charge in [-0.2, -0.15) is 0 Å². The molecule has 2 amide bonds. The standard InChI is InChI=1S/C21H22N2O5S/c1-14-9-11-17(12-10-14)23(29(3,27)28)15(2)20(25)22-13-18(19(24)21(22)26)16-7-5-4-6-8-16/h4-12,15,18H,13H2,1-3H3/t15-,18+/m1/s1. The monoisotopic (exact) mass is 414 g/mol. The summed E-state index contributed by atoms with van der Waals surface area (Å²) in [4.78, 5) is 38.8. The number of aryl methyl sites for hydroxylation is 1. The summed E-state index contributed by atoms with van der Waals surface area (Å²) in [6, 6.07) is 14.2. The molecule has 0 N–H and O–H groups in total. The molecule has 0 radical (unpaired) electrons. The minimum atomic E-state index is -3.81. The van der Waals surface area contributed by atoms with Gasteiger partial charge >= 0.3 is 0 Å². The SMILES string of the molecule is Cc1ccc(N([C@H](C)C(=O)N2C[C@@H](c3ccccc3)C(=O)C2=O)S(C)(=O)=O)cc1. The van der Waals surface area contributed by atoms with Gasteiger partial charge in [0.2, 0.25) is 15.8 Å². The van der Waals surface area contributed by atoms with E-state index in [-0.39, 0.29) is 6.54 Å². The summed E-state index contributed by atoms with van der Waals surface area (Å²) in [5, 5.41) is 0. The lowest BCUT2D eigenvalue weighted by atomic mass is 9.97. The second-order valence-corrected chi connectivity index (χ2v) is 9.01. The number of amides is 2. The smallest absolute Gasteiger partial charge is 0.288 e. The molecule has 0 aliphatic carbocycles. The fourth-order valence-corrected chi connectivity index (χ4v) is 4.65. The Morgan fingerprint density at radius 3 is 2.21 bits per heavy atom. The van der Waals surface area contributed by atoms with Crippen LogP contribution < -0.4 is 4.31 Å². The number of carbonyl (C=O) groups is 3. The maximum Gasteiger partial charge on any atom is 0.297 e. The third-order valence-electron chi connectivity index (χ3n) is 4.96. The van der Waals surface area contributed by atoms with Crippen LogP contribution >= 0.6 is 0 Å². The molecule has 1 heterocycles. The number of likely N-dealkylation sites (tertiary alicyclic amines) is 1. The average molecular weight is 414 g/mol. The fourth-order valence-electron chi connectivity index (χ4n) is 3.48. The van der Waals surface area contributed by atoms with E-state index in [2.05, 4.69) is 0 Å². The predicted octanol–water partition coefficient (Wildman–Crippen LogP) is 1.87. The van der Waals surface area contributed by atoms with Crippen molar-refractivity contribution in [1.29, 1.82) is 0 Å². The summed E-state index contributed by atoms with van der Waals surface area (Å²) in [6.07, 6.45) is 1.00. The maximum atomic E-state index is 13.1. The summed E-state index contributed by atoms with van der Waals surface area (Å²) in [6.45, 7) is 3.18. The first-order valence-electron chi connectivity index (χ1n) is 9.12. The molecule has 0 saturated carbocycles. The number of hydrogen-bond acceptors (Lipinski definition) is 5. The van der Waals surface area contributed by atoms with Crippen LogP contribution in [0.4, 0.5) is 5.69 Å². The topological polar surface area (TPSA) is 91.8 Å². The molecule has 1 aliphatic rings. The number of ketones is 1. The van der Waals surface area contributed by atoms with Gasteiger partial charge in [-0.25, -0.2) is 8.42 Å². The average Bonchev–Trinajstić information content (AvgIpc) is 2.97. The van der Waals surface area contributed by atoms with Gasteiger partial charge in [-0.3, -0.25) is 23.6 Å². The highest BCUT2D eigenvalue weighted by Crippen LogP contribution is 2.28. The molecule has 0 aromatic heterocycles. The molecule has 29 heavy (non-hydrogen) atoms. The Bertz CT molecular complexity index is 1050. The van der Waals surface area contributed by atoms with E-state index >= 15 is 0 Å². The van der Waals surface area contributed by atoms with Crippen molar-refractivity contribution in [3.63, 3.8) is 0 Å². The molecule has 7 nitrogen and oxygen atoms in total. The van der Waals surface area contributed by atoms with Gasteiger partial charge in [0, 0.05) is 6.54 Å². The summed E-state index contributed by atoms with van der Waals surface area (Å²) in [5.74, 6) is -3.05. The molecule has 2 aromatic carbocycles. The molecule has 0 bridgehead atoms. The van der Waals surface area contributed by atoms with Crippen LogP contribution in [0.5, 0.6) is 0 Å².